The first-order chi connectivity index (χ1) is 16.6. The summed E-state index contributed by atoms with van der Waals surface area (Å²) >= 11 is 0. The molecule has 0 fully saturated rings. The van der Waals surface area contributed by atoms with Crippen LogP contribution in [0.3, 0.4) is 0 Å². The number of aromatic amines is 1. The first-order valence-electron chi connectivity index (χ1n) is 11.1. The van der Waals surface area contributed by atoms with Crippen molar-refractivity contribution in [3.8, 4) is 11.4 Å². The van der Waals surface area contributed by atoms with Gasteiger partial charge in [0, 0.05) is 35.0 Å². The SMILES string of the molecule is CN(C)CCC(=O)Nc1ccccc1-c1nc(Nc2ccc3[nH]ncc3c2)c2ccccc2n1. The van der Waals surface area contributed by atoms with Crippen molar-refractivity contribution >= 4 is 44.9 Å². The molecule has 0 atom stereocenters. The lowest BCUT2D eigenvalue weighted by Crippen LogP contribution is -2.21. The molecular formula is C26H25N7O. The average molecular weight is 452 g/mol. The number of carbonyl (C=O) groups is 1. The molecule has 1 amide bonds. The maximum Gasteiger partial charge on any atom is 0.225 e. The smallest absolute Gasteiger partial charge is 0.225 e. The molecule has 0 unspecified atom stereocenters. The Labute approximate surface area is 197 Å². The third-order valence-corrected chi connectivity index (χ3v) is 5.53. The maximum absolute atomic E-state index is 12.5. The highest BCUT2D eigenvalue weighted by molar-refractivity contribution is 5.97. The summed E-state index contributed by atoms with van der Waals surface area (Å²) in [5.74, 6) is 1.18. The van der Waals surface area contributed by atoms with Crippen molar-refractivity contribution in [2.24, 2.45) is 0 Å². The molecule has 0 aliphatic rings. The Morgan fingerprint density at radius 2 is 1.82 bits per heavy atom. The summed E-state index contributed by atoms with van der Waals surface area (Å²) in [4.78, 5) is 24.2. The average Bonchev–Trinajstić information content (AvgIpc) is 3.31. The van der Waals surface area contributed by atoms with Gasteiger partial charge < -0.3 is 15.5 Å². The highest BCUT2D eigenvalue weighted by atomic mass is 16.1. The van der Waals surface area contributed by atoms with Crippen LogP contribution in [-0.2, 0) is 4.79 Å². The zero-order valence-corrected chi connectivity index (χ0v) is 19.0. The molecule has 34 heavy (non-hydrogen) atoms. The van der Waals surface area contributed by atoms with Crippen LogP contribution in [0.2, 0.25) is 0 Å². The molecule has 0 saturated heterocycles. The largest absolute Gasteiger partial charge is 0.340 e. The number of rotatable bonds is 7. The van der Waals surface area contributed by atoms with E-state index in [0.29, 0.717) is 30.3 Å². The number of carbonyl (C=O) groups excluding carboxylic acids is 1. The summed E-state index contributed by atoms with van der Waals surface area (Å²) in [6.07, 6.45) is 2.20. The van der Waals surface area contributed by atoms with Gasteiger partial charge in [0.1, 0.15) is 5.82 Å². The number of benzene rings is 3. The van der Waals surface area contributed by atoms with E-state index in [-0.39, 0.29) is 5.91 Å². The number of amides is 1. The normalized spacial score (nSPS) is 11.3. The minimum absolute atomic E-state index is 0.0475. The Kier molecular flexibility index (Phi) is 5.88. The quantitative estimate of drug-likeness (QED) is 0.329. The first-order valence-corrected chi connectivity index (χ1v) is 11.1. The van der Waals surface area contributed by atoms with E-state index in [4.69, 9.17) is 9.97 Å². The molecule has 5 aromatic rings. The van der Waals surface area contributed by atoms with Crippen molar-refractivity contribution in [1.82, 2.24) is 25.1 Å². The zero-order chi connectivity index (χ0) is 23.5. The fourth-order valence-corrected chi connectivity index (χ4v) is 3.77. The van der Waals surface area contributed by atoms with Gasteiger partial charge >= 0.3 is 0 Å². The van der Waals surface area contributed by atoms with Crippen LogP contribution < -0.4 is 10.6 Å². The van der Waals surface area contributed by atoms with Gasteiger partial charge in [0.05, 0.1) is 22.9 Å². The van der Waals surface area contributed by atoms with Gasteiger partial charge in [-0.3, -0.25) is 9.89 Å². The molecule has 8 heteroatoms. The number of nitrogens with one attached hydrogen (secondary N) is 3. The van der Waals surface area contributed by atoms with E-state index in [0.717, 1.165) is 33.1 Å². The standard InChI is InChI=1S/C26H25N7O/c1-33(2)14-13-24(34)29-22-9-5-3-7-19(22)26-30-23-10-6-4-8-20(23)25(31-26)28-18-11-12-21-17(15-18)16-27-32-21/h3-12,15-16H,13-14H2,1-2H3,(H,27,32)(H,29,34)(H,28,30,31). The lowest BCUT2D eigenvalue weighted by Gasteiger charge is -2.14. The Bertz CT molecular complexity index is 1470. The maximum atomic E-state index is 12.5. The predicted octanol–water partition coefficient (Wildman–Crippen LogP) is 4.81. The Morgan fingerprint density at radius 3 is 2.71 bits per heavy atom. The number of para-hydroxylation sites is 2. The van der Waals surface area contributed by atoms with Gasteiger partial charge in [0.15, 0.2) is 5.82 Å². The highest BCUT2D eigenvalue weighted by Crippen LogP contribution is 2.31. The molecule has 3 aromatic carbocycles. The molecule has 0 spiro atoms. The van der Waals surface area contributed by atoms with Gasteiger partial charge in [-0.15, -0.1) is 0 Å². The Hall–Kier alpha value is -4.30. The second kappa shape index (κ2) is 9.29. The number of nitrogens with zero attached hydrogens (tertiary/aromatic N) is 4. The van der Waals surface area contributed by atoms with Crippen molar-refractivity contribution in [3.05, 3.63) is 72.9 Å². The van der Waals surface area contributed by atoms with Crippen molar-refractivity contribution in [3.63, 3.8) is 0 Å². The number of aromatic nitrogens is 4. The second-order valence-corrected chi connectivity index (χ2v) is 8.36. The number of anilines is 3. The van der Waals surface area contributed by atoms with E-state index in [1.165, 1.54) is 0 Å². The van der Waals surface area contributed by atoms with Crippen molar-refractivity contribution in [1.29, 1.82) is 0 Å². The topological polar surface area (TPSA) is 98.8 Å². The summed E-state index contributed by atoms with van der Waals surface area (Å²) in [5, 5.41) is 15.4. The van der Waals surface area contributed by atoms with Crippen LogP contribution in [0.15, 0.2) is 72.9 Å². The number of fused-ring (bicyclic) bond motifs is 2. The number of hydrogen-bond acceptors (Lipinski definition) is 6. The summed E-state index contributed by atoms with van der Waals surface area (Å²) < 4.78 is 0. The minimum Gasteiger partial charge on any atom is -0.340 e. The lowest BCUT2D eigenvalue weighted by molar-refractivity contribution is -0.116. The Balaban J connectivity index is 1.53. The predicted molar refractivity (Wildman–Crippen MR) is 136 cm³/mol. The molecule has 0 aliphatic heterocycles. The number of H-pyrrole nitrogens is 1. The molecule has 170 valence electrons. The van der Waals surface area contributed by atoms with E-state index in [1.807, 2.05) is 85.7 Å². The first kappa shape index (κ1) is 21.5. The van der Waals surface area contributed by atoms with E-state index in [1.54, 1.807) is 6.20 Å². The minimum atomic E-state index is -0.0475. The summed E-state index contributed by atoms with van der Waals surface area (Å²) in [6.45, 7) is 0.676. The summed E-state index contributed by atoms with van der Waals surface area (Å²) in [7, 11) is 3.89. The van der Waals surface area contributed by atoms with E-state index in [9.17, 15) is 4.79 Å². The van der Waals surface area contributed by atoms with Gasteiger partial charge in [-0.05, 0) is 56.6 Å². The fourth-order valence-electron chi connectivity index (χ4n) is 3.77. The fraction of sp³-hybridized carbons (Fsp3) is 0.154. The molecule has 0 aliphatic carbocycles. The Morgan fingerprint density at radius 1 is 1.00 bits per heavy atom. The summed E-state index contributed by atoms with van der Waals surface area (Å²) in [6, 6.07) is 21.5. The van der Waals surface area contributed by atoms with Crippen molar-refractivity contribution in [2.75, 3.05) is 31.3 Å². The molecule has 0 saturated carbocycles. The molecule has 5 rings (SSSR count). The molecular weight excluding hydrogens is 426 g/mol. The van der Waals surface area contributed by atoms with Crippen LogP contribution in [0.1, 0.15) is 6.42 Å². The van der Waals surface area contributed by atoms with E-state index in [2.05, 4.69) is 20.8 Å². The van der Waals surface area contributed by atoms with Crippen LogP contribution in [0, 0.1) is 0 Å². The van der Waals surface area contributed by atoms with Crippen LogP contribution >= 0.6 is 0 Å². The molecule has 2 heterocycles. The van der Waals surface area contributed by atoms with Gasteiger partial charge in [0.25, 0.3) is 0 Å². The van der Waals surface area contributed by atoms with E-state index >= 15 is 0 Å². The third-order valence-electron chi connectivity index (χ3n) is 5.53. The monoisotopic (exact) mass is 451 g/mol. The van der Waals surface area contributed by atoms with Crippen LogP contribution in [0.4, 0.5) is 17.2 Å². The molecule has 0 radical (unpaired) electrons. The summed E-state index contributed by atoms with van der Waals surface area (Å²) in [5.41, 5.74) is 4.13. The molecule has 0 bridgehead atoms. The van der Waals surface area contributed by atoms with Crippen molar-refractivity contribution in [2.45, 2.75) is 6.42 Å². The second-order valence-electron chi connectivity index (χ2n) is 8.36. The van der Waals surface area contributed by atoms with Gasteiger partial charge in [-0.25, -0.2) is 9.97 Å². The third kappa shape index (κ3) is 4.57. The van der Waals surface area contributed by atoms with Crippen LogP contribution in [0.25, 0.3) is 33.2 Å². The van der Waals surface area contributed by atoms with Crippen LogP contribution in [-0.4, -0.2) is 51.6 Å². The highest BCUT2D eigenvalue weighted by Gasteiger charge is 2.14. The van der Waals surface area contributed by atoms with Crippen LogP contribution in [0.5, 0.6) is 0 Å². The zero-order valence-electron chi connectivity index (χ0n) is 19.0. The molecule has 8 nitrogen and oxygen atoms in total. The van der Waals surface area contributed by atoms with Gasteiger partial charge in [0.2, 0.25) is 5.91 Å². The molecule has 2 aromatic heterocycles. The van der Waals surface area contributed by atoms with E-state index < -0.39 is 0 Å². The number of hydrogen-bond donors (Lipinski definition) is 3. The van der Waals surface area contributed by atoms with Crippen molar-refractivity contribution < 1.29 is 4.79 Å². The van der Waals surface area contributed by atoms with Gasteiger partial charge in [-0.2, -0.15) is 5.10 Å². The molecule has 3 N–H and O–H groups in total. The lowest BCUT2D eigenvalue weighted by atomic mass is 10.1. The van der Waals surface area contributed by atoms with Gasteiger partial charge in [-0.1, -0.05) is 24.3 Å².